The third kappa shape index (κ3) is 2.91. The van der Waals surface area contributed by atoms with Gasteiger partial charge in [0.05, 0.1) is 30.3 Å². The molecule has 0 heterocycles. The number of fused-ring (bicyclic) bond motifs is 7. The number of carboxylic acid groups (broad SMARTS) is 1. The van der Waals surface area contributed by atoms with E-state index in [1.54, 1.807) is 0 Å². The highest BCUT2D eigenvalue weighted by Gasteiger charge is 2.72. The molecular weight excluding hydrogens is 456 g/mol. The fourth-order valence-corrected chi connectivity index (χ4v) is 11.0. The van der Waals surface area contributed by atoms with Crippen LogP contribution in [-0.4, -0.2) is 56.4 Å². The van der Waals surface area contributed by atoms with E-state index < -0.39 is 34.4 Å². The molecule has 204 valence electrons. The molecule has 4 saturated carbocycles. The molecule has 10 atom stereocenters. The summed E-state index contributed by atoms with van der Waals surface area (Å²) in [6.07, 6.45) is 8.31. The zero-order chi connectivity index (χ0) is 26.5. The van der Waals surface area contributed by atoms with Gasteiger partial charge in [0.25, 0.3) is 0 Å². The summed E-state index contributed by atoms with van der Waals surface area (Å²) < 4.78 is 0. The van der Waals surface area contributed by atoms with Crippen LogP contribution in [0.4, 0.5) is 0 Å². The molecule has 36 heavy (non-hydrogen) atoms. The van der Waals surface area contributed by atoms with Crippen LogP contribution in [0.1, 0.15) is 92.4 Å². The summed E-state index contributed by atoms with van der Waals surface area (Å²) in [5, 5.41) is 54.3. The van der Waals surface area contributed by atoms with Gasteiger partial charge in [-0.25, -0.2) is 0 Å². The maximum absolute atomic E-state index is 12.8. The largest absolute Gasteiger partial charge is 0.481 e. The number of aliphatic hydroxyl groups is 4. The van der Waals surface area contributed by atoms with E-state index in [0.29, 0.717) is 25.2 Å². The molecule has 6 heteroatoms. The minimum absolute atomic E-state index is 0.0277. The molecule has 0 bridgehead atoms. The SMILES string of the molecule is C[C@@H]1CC[C@]2(C(=O)O)CC[C@]3(C)C(=CC[C@@H]4[C@@]5(C)CC[C@@H](O)C(CO)(CO)[C@@H]5CC[C@]43C)[C@H]2[C@]1(C)O. The van der Waals surface area contributed by atoms with Gasteiger partial charge in [-0.05, 0) is 98.7 Å². The number of rotatable bonds is 3. The highest BCUT2D eigenvalue weighted by atomic mass is 16.4. The Morgan fingerprint density at radius 1 is 0.944 bits per heavy atom. The first-order valence-corrected chi connectivity index (χ1v) is 14.3. The van der Waals surface area contributed by atoms with Crippen LogP contribution in [-0.2, 0) is 4.79 Å². The zero-order valence-corrected chi connectivity index (χ0v) is 22.9. The molecule has 6 nitrogen and oxygen atoms in total. The molecular formula is C30H48O6. The van der Waals surface area contributed by atoms with Gasteiger partial charge in [-0.2, -0.15) is 0 Å². The van der Waals surface area contributed by atoms with Gasteiger partial charge in [0.2, 0.25) is 0 Å². The number of aliphatic hydroxyl groups excluding tert-OH is 3. The monoisotopic (exact) mass is 504 g/mol. The molecule has 0 aliphatic heterocycles. The average Bonchev–Trinajstić information content (AvgIpc) is 2.82. The second-order valence-corrected chi connectivity index (χ2v) is 14.5. The Balaban J connectivity index is 1.64. The molecule has 5 aliphatic carbocycles. The van der Waals surface area contributed by atoms with Crippen LogP contribution in [0.5, 0.6) is 0 Å². The number of hydrogen-bond donors (Lipinski definition) is 5. The minimum atomic E-state index is -1.08. The van der Waals surface area contributed by atoms with E-state index in [2.05, 4.69) is 33.8 Å². The van der Waals surface area contributed by atoms with Crippen molar-refractivity contribution >= 4 is 5.97 Å². The van der Waals surface area contributed by atoms with Crippen molar-refractivity contribution in [2.45, 2.75) is 104 Å². The van der Waals surface area contributed by atoms with Crippen LogP contribution in [0.25, 0.3) is 0 Å². The van der Waals surface area contributed by atoms with Crippen molar-refractivity contribution in [3.63, 3.8) is 0 Å². The van der Waals surface area contributed by atoms with E-state index in [1.165, 1.54) is 5.57 Å². The molecule has 0 aromatic carbocycles. The van der Waals surface area contributed by atoms with Gasteiger partial charge >= 0.3 is 5.97 Å². The minimum Gasteiger partial charge on any atom is -0.481 e. The number of allylic oxidation sites excluding steroid dienone is 1. The third-order valence-electron chi connectivity index (χ3n) is 13.7. The van der Waals surface area contributed by atoms with Crippen LogP contribution in [0.3, 0.4) is 0 Å². The number of hydrogen-bond acceptors (Lipinski definition) is 5. The van der Waals surface area contributed by atoms with Gasteiger partial charge in [0.15, 0.2) is 0 Å². The number of carbonyl (C=O) groups is 1. The zero-order valence-electron chi connectivity index (χ0n) is 22.9. The van der Waals surface area contributed by atoms with Gasteiger partial charge in [0, 0.05) is 11.3 Å². The average molecular weight is 505 g/mol. The second kappa shape index (κ2) is 8.03. The molecule has 5 rings (SSSR count). The standard InChI is InChI=1S/C30H48O6/c1-18-8-13-29(24(34)35)15-14-26(3)19(23(29)28(18,5)36)6-7-20-25(2)11-10-22(33)30(16-31,17-32)21(25)9-12-27(20,26)4/h6,18,20-23,31-33,36H,7-17H2,1-5H3,(H,34,35)/t18-,20-,21-,22-,23+,25-,26-,27-,28-,29+/m1/s1. The third-order valence-corrected chi connectivity index (χ3v) is 13.7. The normalized spacial score (nSPS) is 53.8. The van der Waals surface area contributed by atoms with E-state index in [4.69, 9.17) is 0 Å². The quantitative estimate of drug-likeness (QED) is 0.369. The summed E-state index contributed by atoms with van der Waals surface area (Å²) in [5.74, 6) is -0.796. The summed E-state index contributed by atoms with van der Waals surface area (Å²) in [6, 6.07) is 0. The fourth-order valence-electron chi connectivity index (χ4n) is 11.0. The van der Waals surface area contributed by atoms with Crippen LogP contribution in [0.15, 0.2) is 11.6 Å². The van der Waals surface area contributed by atoms with Crippen molar-refractivity contribution < 1.29 is 30.3 Å². The lowest BCUT2D eigenvalue weighted by Crippen LogP contribution is -2.68. The van der Waals surface area contributed by atoms with Gasteiger partial charge in [-0.3, -0.25) is 4.79 Å². The Labute approximate surface area is 216 Å². The van der Waals surface area contributed by atoms with Crippen LogP contribution >= 0.6 is 0 Å². The maximum atomic E-state index is 12.8. The molecule has 0 radical (unpaired) electrons. The van der Waals surface area contributed by atoms with Gasteiger partial charge in [-0.15, -0.1) is 0 Å². The summed E-state index contributed by atoms with van der Waals surface area (Å²) in [5.41, 5.74) is -2.18. The Morgan fingerprint density at radius 2 is 1.61 bits per heavy atom. The predicted molar refractivity (Wildman–Crippen MR) is 137 cm³/mol. The highest BCUT2D eigenvalue weighted by molar-refractivity contribution is 5.77. The fraction of sp³-hybridized carbons (Fsp3) is 0.900. The van der Waals surface area contributed by atoms with Crippen LogP contribution < -0.4 is 0 Å². The van der Waals surface area contributed by atoms with Gasteiger partial charge in [-0.1, -0.05) is 39.3 Å². The molecule has 0 saturated heterocycles. The van der Waals surface area contributed by atoms with Crippen molar-refractivity contribution in [2.75, 3.05) is 13.2 Å². The van der Waals surface area contributed by atoms with Crippen molar-refractivity contribution in [2.24, 2.45) is 50.7 Å². The van der Waals surface area contributed by atoms with Crippen molar-refractivity contribution in [1.82, 2.24) is 0 Å². The molecule has 5 aliphatic rings. The molecule has 0 spiro atoms. The van der Waals surface area contributed by atoms with Crippen LogP contribution in [0.2, 0.25) is 0 Å². The number of aliphatic carboxylic acids is 1. The van der Waals surface area contributed by atoms with Crippen LogP contribution in [0, 0.1) is 50.7 Å². The lowest BCUT2D eigenvalue weighted by atomic mass is 9.33. The molecule has 4 fully saturated rings. The summed E-state index contributed by atoms with van der Waals surface area (Å²) >= 11 is 0. The van der Waals surface area contributed by atoms with Crippen molar-refractivity contribution in [1.29, 1.82) is 0 Å². The first-order valence-electron chi connectivity index (χ1n) is 14.3. The summed E-state index contributed by atoms with van der Waals surface area (Å²) in [4.78, 5) is 12.8. The van der Waals surface area contributed by atoms with Gasteiger partial charge < -0.3 is 25.5 Å². The molecule has 0 unspecified atom stereocenters. The van der Waals surface area contributed by atoms with E-state index in [9.17, 15) is 30.3 Å². The first kappa shape index (κ1) is 26.6. The molecule has 0 aromatic heterocycles. The predicted octanol–water partition coefficient (Wildman–Crippen LogP) is 4.15. The Kier molecular flexibility index (Phi) is 5.95. The second-order valence-electron chi connectivity index (χ2n) is 14.5. The highest BCUT2D eigenvalue weighted by Crippen LogP contribution is 2.76. The van der Waals surface area contributed by atoms with Crippen molar-refractivity contribution in [3.05, 3.63) is 11.6 Å². The van der Waals surface area contributed by atoms with E-state index in [-0.39, 0.29) is 41.3 Å². The van der Waals surface area contributed by atoms with Gasteiger partial charge in [0.1, 0.15) is 0 Å². The summed E-state index contributed by atoms with van der Waals surface area (Å²) in [6.45, 7) is 10.6. The van der Waals surface area contributed by atoms with E-state index in [0.717, 1.165) is 38.5 Å². The lowest BCUT2D eigenvalue weighted by Gasteiger charge is -2.72. The summed E-state index contributed by atoms with van der Waals surface area (Å²) in [7, 11) is 0. The number of carboxylic acids is 1. The Morgan fingerprint density at radius 3 is 2.22 bits per heavy atom. The smallest absolute Gasteiger partial charge is 0.310 e. The Hall–Kier alpha value is -0.950. The van der Waals surface area contributed by atoms with Crippen molar-refractivity contribution in [3.8, 4) is 0 Å². The first-order chi connectivity index (χ1) is 16.7. The lowest BCUT2D eigenvalue weighted by molar-refractivity contribution is -0.235. The van der Waals surface area contributed by atoms with E-state index in [1.807, 2.05) is 6.92 Å². The maximum Gasteiger partial charge on any atom is 0.310 e. The molecule has 0 amide bonds. The Bertz CT molecular complexity index is 953. The van der Waals surface area contributed by atoms with E-state index >= 15 is 0 Å². The molecule has 5 N–H and O–H groups in total. The topological polar surface area (TPSA) is 118 Å². The molecule has 0 aromatic rings.